The van der Waals surface area contributed by atoms with Crippen molar-refractivity contribution in [3.63, 3.8) is 0 Å². The largest absolute Gasteiger partial charge is 0.491 e. The average molecular weight is 543 g/mol. The Kier molecular flexibility index (Phi) is 9.04. The zero-order valence-electron chi connectivity index (χ0n) is 21.2. The number of nitrogens with zero attached hydrogens (tertiary/aromatic N) is 5. The van der Waals surface area contributed by atoms with Crippen LogP contribution in [0.1, 0.15) is 19.5 Å². The number of pyridine rings is 1. The number of fused-ring (bicyclic) bond motifs is 1. The van der Waals surface area contributed by atoms with E-state index in [0.717, 1.165) is 39.7 Å². The third-order valence-corrected chi connectivity index (χ3v) is 6.50. The number of H-pyrrole nitrogens is 1. The number of rotatable bonds is 12. The molecule has 1 aromatic carbocycles. The van der Waals surface area contributed by atoms with E-state index in [4.69, 9.17) is 26.4 Å². The summed E-state index contributed by atoms with van der Waals surface area (Å²) in [6.45, 7) is 8.06. The number of aliphatic hydroxyl groups excluding tert-OH is 1. The quantitative estimate of drug-likeness (QED) is 0.188. The Labute approximate surface area is 225 Å². The van der Waals surface area contributed by atoms with Gasteiger partial charge in [-0.15, -0.1) is 0 Å². The molecule has 4 rings (SSSR count). The Morgan fingerprint density at radius 3 is 2.78 bits per heavy atom. The van der Waals surface area contributed by atoms with E-state index >= 15 is 0 Å². The number of halogens is 1. The molecule has 12 heteroatoms. The van der Waals surface area contributed by atoms with Gasteiger partial charge in [0.25, 0.3) is 0 Å². The third-order valence-electron chi connectivity index (χ3n) is 5.43. The average Bonchev–Trinajstić information content (AvgIpc) is 3.24. The number of likely N-dealkylation sites (N-methyl/N-ethyl adjacent to an activating group) is 1. The zero-order valence-corrected chi connectivity index (χ0v) is 22.8. The van der Waals surface area contributed by atoms with Crippen LogP contribution in [0.25, 0.3) is 22.4 Å². The monoisotopic (exact) mass is 542 g/mol. The van der Waals surface area contributed by atoms with E-state index < -0.39 is 0 Å². The highest BCUT2D eigenvalue weighted by atomic mass is 35.5. The molecule has 0 atom stereocenters. The van der Waals surface area contributed by atoms with Gasteiger partial charge in [0.1, 0.15) is 16.6 Å². The van der Waals surface area contributed by atoms with Crippen molar-refractivity contribution in [3.05, 3.63) is 47.2 Å². The molecule has 0 spiro atoms. The van der Waals surface area contributed by atoms with Crippen molar-refractivity contribution in [3.8, 4) is 17.1 Å². The van der Waals surface area contributed by atoms with E-state index in [0.29, 0.717) is 35.4 Å². The highest BCUT2D eigenvalue weighted by molar-refractivity contribution is 8.00. The van der Waals surface area contributed by atoms with Crippen molar-refractivity contribution in [2.75, 3.05) is 43.3 Å². The lowest BCUT2D eigenvalue weighted by atomic mass is 10.2. The van der Waals surface area contributed by atoms with Crippen LogP contribution < -0.4 is 14.8 Å². The van der Waals surface area contributed by atoms with Gasteiger partial charge < -0.3 is 24.8 Å². The Morgan fingerprint density at radius 2 is 2.03 bits per heavy atom. The number of hydrogen-bond donors (Lipinski definition) is 4. The number of nitrogens with one attached hydrogen (secondary N) is 3. The summed E-state index contributed by atoms with van der Waals surface area (Å²) in [5, 5.41) is 22.0. The molecule has 0 saturated heterocycles. The van der Waals surface area contributed by atoms with Crippen molar-refractivity contribution < 1.29 is 9.84 Å². The molecular formula is C25H31ClN8O2S. The highest BCUT2D eigenvalue weighted by Gasteiger charge is 2.15. The van der Waals surface area contributed by atoms with Gasteiger partial charge >= 0.3 is 0 Å². The molecule has 0 aliphatic heterocycles. The first-order valence-electron chi connectivity index (χ1n) is 12.0. The molecule has 0 saturated carbocycles. The minimum absolute atomic E-state index is 0.0883. The summed E-state index contributed by atoms with van der Waals surface area (Å²) >= 11 is 7.97. The van der Waals surface area contributed by atoms with E-state index in [1.54, 1.807) is 6.20 Å². The van der Waals surface area contributed by atoms with Crippen LogP contribution in [0.2, 0.25) is 5.02 Å². The van der Waals surface area contributed by atoms with E-state index in [2.05, 4.69) is 30.2 Å². The third kappa shape index (κ3) is 7.01. The molecule has 0 amide bonds. The van der Waals surface area contributed by atoms with Crippen LogP contribution >= 0.6 is 23.5 Å². The van der Waals surface area contributed by atoms with E-state index in [9.17, 15) is 0 Å². The molecule has 196 valence electrons. The van der Waals surface area contributed by atoms with Gasteiger partial charge in [0.15, 0.2) is 11.5 Å². The maximum Gasteiger partial charge on any atom is 0.186 e. The highest BCUT2D eigenvalue weighted by Crippen LogP contribution is 2.32. The predicted molar refractivity (Wildman–Crippen MR) is 149 cm³/mol. The lowest BCUT2D eigenvalue weighted by Gasteiger charge is -2.16. The standard InChI is InChI=1S/C25H31ClN8O2S/c1-15(2)36-18-7-8-27-21(14-18)37-33-20-6-5-17(13-19(20)26)23-29-24(28-9-10-34(4)11-12-35)22-16(3)31-32-25(22)30-23/h5-8,13-15,33,35H,9-12H2,1-4H3,(H2,28,29,30,31,32). The predicted octanol–water partition coefficient (Wildman–Crippen LogP) is 4.62. The van der Waals surface area contributed by atoms with Crippen LogP contribution in [0.5, 0.6) is 5.75 Å². The van der Waals surface area contributed by atoms with Crippen molar-refractivity contribution in [1.82, 2.24) is 30.0 Å². The van der Waals surface area contributed by atoms with Crippen LogP contribution in [-0.2, 0) is 0 Å². The van der Waals surface area contributed by atoms with E-state index in [1.165, 1.54) is 11.9 Å². The normalized spacial score (nSPS) is 11.5. The van der Waals surface area contributed by atoms with Gasteiger partial charge in [0, 0.05) is 55.1 Å². The van der Waals surface area contributed by atoms with Crippen LogP contribution in [0.15, 0.2) is 41.6 Å². The lowest BCUT2D eigenvalue weighted by molar-refractivity contribution is 0.225. The number of anilines is 2. The molecule has 0 bridgehead atoms. The fraction of sp³-hybridized carbons (Fsp3) is 0.360. The van der Waals surface area contributed by atoms with Gasteiger partial charge in [0.05, 0.1) is 28.8 Å². The molecule has 0 aliphatic rings. The summed E-state index contributed by atoms with van der Waals surface area (Å²) in [6, 6.07) is 9.35. The SMILES string of the molecule is Cc1[nH]nc2nc(-c3ccc(NSc4cc(OC(C)C)ccn4)c(Cl)c3)nc(NCCN(C)CCO)c12. The fourth-order valence-corrected chi connectivity index (χ4v) is 4.57. The Balaban J connectivity index is 1.51. The summed E-state index contributed by atoms with van der Waals surface area (Å²) in [5.41, 5.74) is 2.99. The molecule has 3 aromatic heterocycles. The molecule has 3 heterocycles. The molecule has 0 fully saturated rings. The second kappa shape index (κ2) is 12.4. The Hall–Kier alpha value is -3.12. The zero-order chi connectivity index (χ0) is 26.4. The van der Waals surface area contributed by atoms with Crippen molar-refractivity contribution in [1.29, 1.82) is 0 Å². The van der Waals surface area contributed by atoms with Gasteiger partial charge in [-0.3, -0.25) is 5.10 Å². The van der Waals surface area contributed by atoms with Crippen LogP contribution in [0.4, 0.5) is 11.5 Å². The number of aromatic nitrogens is 5. The molecule has 37 heavy (non-hydrogen) atoms. The topological polar surface area (TPSA) is 124 Å². The smallest absolute Gasteiger partial charge is 0.186 e. The van der Waals surface area contributed by atoms with Gasteiger partial charge in [-0.05, 0) is 52.1 Å². The minimum atomic E-state index is 0.0883. The number of aliphatic hydroxyl groups is 1. The lowest BCUT2D eigenvalue weighted by Crippen LogP contribution is -2.28. The molecule has 4 N–H and O–H groups in total. The summed E-state index contributed by atoms with van der Waals surface area (Å²) in [4.78, 5) is 15.8. The molecule has 10 nitrogen and oxygen atoms in total. The Morgan fingerprint density at radius 1 is 1.19 bits per heavy atom. The van der Waals surface area contributed by atoms with Gasteiger partial charge in [-0.2, -0.15) is 5.10 Å². The summed E-state index contributed by atoms with van der Waals surface area (Å²) in [7, 11) is 1.96. The van der Waals surface area contributed by atoms with Crippen molar-refractivity contribution in [2.24, 2.45) is 0 Å². The second-order valence-corrected chi connectivity index (χ2v) is 10.0. The summed E-state index contributed by atoms with van der Waals surface area (Å²) in [5.74, 6) is 1.99. The van der Waals surface area contributed by atoms with Crippen LogP contribution in [0, 0.1) is 6.92 Å². The van der Waals surface area contributed by atoms with E-state index in [-0.39, 0.29) is 12.7 Å². The van der Waals surface area contributed by atoms with Crippen LogP contribution in [-0.4, -0.2) is 74.5 Å². The van der Waals surface area contributed by atoms with Gasteiger partial charge in [-0.1, -0.05) is 11.6 Å². The fourth-order valence-electron chi connectivity index (χ4n) is 3.61. The number of aryl methyl sites for hydroxylation is 1. The second-order valence-electron chi connectivity index (χ2n) is 8.79. The first-order valence-corrected chi connectivity index (χ1v) is 13.1. The van der Waals surface area contributed by atoms with Crippen molar-refractivity contribution in [2.45, 2.75) is 31.9 Å². The van der Waals surface area contributed by atoms with Crippen molar-refractivity contribution >= 4 is 46.1 Å². The number of ether oxygens (including phenoxy) is 1. The summed E-state index contributed by atoms with van der Waals surface area (Å²) < 4.78 is 8.99. The number of benzene rings is 1. The summed E-state index contributed by atoms with van der Waals surface area (Å²) in [6.07, 6.45) is 1.80. The molecular weight excluding hydrogens is 512 g/mol. The maximum absolute atomic E-state index is 9.12. The van der Waals surface area contributed by atoms with Gasteiger partial charge in [-0.25, -0.2) is 15.0 Å². The first-order chi connectivity index (χ1) is 17.8. The minimum Gasteiger partial charge on any atom is -0.491 e. The maximum atomic E-state index is 9.12. The first kappa shape index (κ1) is 26.9. The van der Waals surface area contributed by atoms with Gasteiger partial charge in [0.2, 0.25) is 0 Å². The number of aromatic amines is 1. The molecule has 0 aliphatic carbocycles. The number of hydrogen-bond acceptors (Lipinski definition) is 10. The van der Waals surface area contributed by atoms with E-state index in [1.807, 2.05) is 63.1 Å². The van der Waals surface area contributed by atoms with Crippen LogP contribution in [0.3, 0.4) is 0 Å². The Bertz CT molecular complexity index is 1350. The molecule has 0 radical (unpaired) electrons. The molecule has 4 aromatic rings. The molecule has 0 unspecified atom stereocenters.